The van der Waals surface area contributed by atoms with Crippen LogP contribution in [0.3, 0.4) is 0 Å². The number of fused-ring (bicyclic) bond motifs is 1. The Morgan fingerprint density at radius 2 is 2.35 bits per heavy atom. The van der Waals surface area contributed by atoms with Crippen molar-refractivity contribution < 1.29 is 4.79 Å². The molecule has 3 nitrogen and oxygen atoms in total. The predicted octanol–water partition coefficient (Wildman–Crippen LogP) is 3.15. The Hall–Kier alpha value is -1.61. The van der Waals surface area contributed by atoms with Gasteiger partial charge in [0.25, 0.3) is 0 Å². The second-order valence-electron chi connectivity index (χ2n) is 4.22. The van der Waals surface area contributed by atoms with E-state index in [2.05, 4.69) is 9.55 Å². The maximum atomic E-state index is 10.7. The number of rotatable bonds is 2. The van der Waals surface area contributed by atoms with Crippen molar-refractivity contribution in [2.75, 3.05) is 0 Å². The maximum Gasteiger partial charge on any atom is 0.145 e. The van der Waals surface area contributed by atoms with Gasteiger partial charge in [0.1, 0.15) is 11.4 Å². The molecular formula is C13H11ClN2O. The smallest absolute Gasteiger partial charge is 0.145 e. The highest BCUT2D eigenvalue weighted by molar-refractivity contribution is 6.34. The van der Waals surface area contributed by atoms with Crippen molar-refractivity contribution >= 4 is 28.8 Å². The Balaban J connectivity index is 2.10. The molecule has 1 atom stereocenters. The highest BCUT2D eigenvalue weighted by atomic mass is 35.5. The predicted molar refractivity (Wildman–Crippen MR) is 67.2 cm³/mol. The minimum Gasteiger partial charge on any atom is -0.340 e. The summed E-state index contributed by atoms with van der Waals surface area (Å²) in [6, 6.07) is 4.18. The number of pyridine rings is 1. The SMILES string of the molecule is O=CC1=CC(n2ccc3c(Cl)nccc32)CC1. The van der Waals surface area contributed by atoms with Crippen molar-refractivity contribution in [3.63, 3.8) is 0 Å². The summed E-state index contributed by atoms with van der Waals surface area (Å²) in [4.78, 5) is 14.8. The number of aromatic nitrogens is 2. The summed E-state index contributed by atoms with van der Waals surface area (Å²) < 4.78 is 2.15. The van der Waals surface area contributed by atoms with Crippen LogP contribution in [-0.4, -0.2) is 15.8 Å². The van der Waals surface area contributed by atoms with Gasteiger partial charge >= 0.3 is 0 Å². The van der Waals surface area contributed by atoms with Crippen LogP contribution >= 0.6 is 11.6 Å². The third kappa shape index (κ3) is 1.67. The molecule has 0 amide bonds. The molecule has 0 aliphatic heterocycles. The number of carbonyl (C=O) groups is 1. The van der Waals surface area contributed by atoms with Crippen molar-refractivity contribution in [2.45, 2.75) is 18.9 Å². The summed E-state index contributed by atoms with van der Waals surface area (Å²) in [7, 11) is 0. The fourth-order valence-electron chi connectivity index (χ4n) is 2.39. The van der Waals surface area contributed by atoms with E-state index in [1.807, 2.05) is 24.4 Å². The molecule has 0 spiro atoms. The topological polar surface area (TPSA) is 34.9 Å². The zero-order valence-corrected chi connectivity index (χ0v) is 9.89. The first-order chi connectivity index (χ1) is 8.29. The number of nitrogens with zero attached hydrogens (tertiary/aromatic N) is 2. The molecule has 3 rings (SSSR count). The summed E-state index contributed by atoms with van der Waals surface area (Å²) in [5.74, 6) is 0. The Morgan fingerprint density at radius 3 is 3.12 bits per heavy atom. The van der Waals surface area contributed by atoms with Crippen molar-refractivity contribution in [1.82, 2.24) is 9.55 Å². The van der Waals surface area contributed by atoms with Crippen LogP contribution < -0.4 is 0 Å². The fourth-order valence-corrected chi connectivity index (χ4v) is 2.60. The van der Waals surface area contributed by atoms with E-state index < -0.39 is 0 Å². The zero-order chi connectivity index (χ0) is 11.8. The summed E-state index contributed by atoms with van der Waals surface area (Å²) in [5.41, 5.74) is 1.95. The first kappa shape index (κ1) is 10.5. The van der Waals surface area contributed by atoms with Gasteiger partial charge in [-0.3, -0.25) is 4.79 Å². The molecule has 0 N–H and O–H groups in total. The number of halogens is 1. The number of hydrogen-bond acceptors (Lipinski definition) is 2. The van der Waals surface area contributed by atoms with Crippen LogP contribution in [0.25, 0.3) is 10.9 Å². The first-order valence-electron chi connectivity index (χ1n) is 5.56. The Bertz CT molecular complexity index is 615. The van der Waals surface area contributed by atoms with Crippen LogP contribution in [0.4, 0.5) is 0 Å². The van der Waals surface area contributed by atoms with Gasteiger partial charge in [-0.1, -0.05) is 17.7 Å². The van der Waals surface area contributed by atoms with Crippen molar-refractivity contribution in [3.8, 4) is 0 Å². The highest BCUT2D eigenvalue weighted by Crippen LogP contribution is 2.32. The van der Waals surface area contributed by atoms with Crippen LogP contribution in [0.5, 0.6) is 0 Å². The van der Waals surface area contributed by atoms with E-state index in [4.69, 9.17) is 11.6 Å². The lowest BCUT2D eigenvalue weighted by Gasteiger charge is -2.11. The van der Waals surface area contributed by atoms with E-state index in [9.17, 15) is 4.79 Å². The summed E-state index contributed by atoms with van der Waals surface area (Å²) >= 11 is 6.04. The van der Waals surface area contributed by atoms with E-state index in [-0.39, 0.29) is 6.04 Å². The lowest BCUT2D eigenvalue weighted by molar-refractivity contribution is -0.105. The molecule has 86 valence electrons. The van der Waals surface area contributed by atoms with Gasteiger partial charge in [0, 0.05) is 17.8 Å². The molecule has 0 saturated heterocycles. The molecule has 0 fully saturated rings. The van der Waals surface area contributed by atoms with Gasteiger partial charge in [0.2, 0.25) is 0 Å². The summed E-state index contributed by atoms with van der Waals surface area (Å²) in [6.07, 6.45) is 8.51. The first-order valence-corrected chi connectivity index (χ1v) is 5.94. The van der Waals surface area contributed by atoms with E-state index in [0.717, 1.165) is 35.6 Å². The average Bonchev–Trinajstić information content (AvgIpc) is 2.94. The molecular weight excluding hydrogens is 236 g/mol. The van der Waals surface area contributed by atoms with Gasteiger partial charge in [0.05, 0.1) is 11.6 Å². The lowest BCUT2D eigenvalue weighted by atomic mass is 10.2. The number of allylic oxidation sites excluding steroid dienone is 2. The standard InChI is InChI=1S/C13H11ClN2O/c14-13-11-4-6-16(12(11)3-5-15-13)10-2-1-9(7-10)8-17/h3-8,10H,1-2H2. The third-order valence-electron chi connectivity index (χ3n) is 3.24. The molecule has 2 aromatic rings. The van der Waals surface area contributed by atoms with Crippen LogP contribution in [-0.2, 0) is 4.79 Å². The highest BCUT2D eigenvalue weighted by Gasteiger charge is 2.18. The lowest BCUT2D eigenvalue weighted by Crippen LogP contribution is -2.01. The van der Waals surface area contributed by atoms with Gasteiger partial charge in [-0.2, -0.15) is 0 Å². The second-order valence-corrected chi connectivity index (χ2v) is 4.58. The summed E-state index contributed by atoms with van der Waals surface area (Å²) in [5, 5.41) is 1.49. The van der Waals surface area contributed by atoms with Crippen molar-refractivity contribution in [1.29, 1.82) is 0 Å². The van der Waals surface area contributed by atoms with Crippen LogP contribution in [0, 0.1) is 0 Å². The molecule has 1 unspecified atom stereocenters. The minimum absolute atomic E-state index is 0.256. The van der Waals surface area contributed by atoms with E-state index in [1.54, 1.807) is 6.20 Å². The number of carbonyl (C=O) groups excluding carboxylic acids is 1. The second kappa shape index (κ2) is 4.00. The molecule has 17 heavy (non-hydrogen) atoms. The van der Waals surface area contributed by atoms with Gasteiger partial charge in [-0.25, -0.2) is 4.98 Å². The van der Waals surface area contributed by atoms with Crippen molar-refractivity contribution in [2.24, 2.45) is 0 Å². The fraction of sp³-hybridized carbons (Fsp3) is 0.231. The van der Waals surface area contributed by atoms with Gasteiger partial charge in [-0.05, 0) is 30.5 Å². The minimum atomic E-state index is 0.256. The Morgan fingerprint density at radius 1 is 1.47 bits per heavy atom. The summed E-state index contributed by atoms with van der Waals surface area (Å²) in [6.45, 7) is 0. The normalized spacial score (nSPS) is 19.6. The van der Waals surface area contributed by atoms with Gasteiger partial charge in [0.15, 0.2) is 0 Å². The van der Waals surface area contributed by atoms with Crippen LogP contribution in [0.15, 0.2) is 36.2 Å². The maximum absolute atomic E-state index is 10.7. The molecule has 4 heteroatoms. The van der Waals surface area contributed by atoms with E-state index in [0.29, 0.717) is 5.15 Å². The monoisotopic (exact) mass is 246 g/mol. The molecule has 0 bridgehead atoms. The van der Waals surface area contributed by atoms with Crippen LogP contribution in [0.2, 0.25) is 5.15 Å². The quantitative estimate of drug-likeness (QED) is 0.603. The Labute approximate surface area is 104 Å². The Kier molecular flexibility index (Phi) is 2.48. The van der Waals surface area contributed by atoms with Gasteiger partial charge < -0.3 is 4.57 Å². The molecule has 0 radical (unpaired) electrons. The number of hydrogen-bond donors (Lipinski definition) is 0. The largest absolute Gasteiger partial charge is 0.340 e. The molecule has 1 aliphatic carbocycles. The molecule has 0 aromatic carbocycles. The van der Waals surface area contributed by atoms with E-state index >= 15 is 0 Å². The molecule has 2 aromatic heterocycles. The van der Waals surface area contributed by atoms with Gasteiger partial charge in [-0.15, -0.1) is 0 Å². The molecule has 0 saturated carbocycles. The molecule has 2 heterocycles. The molecule has 1 aliphatic rings. The third-order valence-corrected chi connectivity index (χ3v) is 3.54. The number of aldehydes is 1. The van der Waals surface area contributed by atoms with E-state index in [1.165, 1.54) is 0 Å². The van der Waals surface area contributed by atoms with Crippen LogP contribution in [0.1, 0.15) is 18.9 Å². The zero-order valence-electron chi connectivity index (χ0n) is 9.14. The van der Waals surface area contributed by atoms with Crippen molar-refractivity contribution in [3.05, 3.63) is 41.3 Å². The average molecular weight is 247 g/mol.